The minimum absolute atomic E-state index is 0.00781. The summed E-state index contributed by atoms with van der Waals surface area (Å²) >= 11 is 0. The van der Waals surface area contributed by atoms with E-state index in [4.69, 9.17) is 0 Å². The number of piperidine rings is 1. The van der Waals surface area contributed by atoms with Gasteiger partial charge in [-0.2, -0.15) is 5.10 Å². The van der Waals surface area contributed by atoms with Gasteiger partial charge in [0.2, 0.25) is 0 Å². The van der Waals surface area contributed by atoms with E-state index in [1.807, 2.05) is 29.6 Å². The van der Waals surface area contributed by atoms with Gasteiger partial charge >= 0.3 is 0 Å². The largest absolute Gasteiger partial charge is 0.337 e. The monoisotopic (exact) mass is 354 g/mol. The molecule has 9 nitrogen and oxygen atoms in total. The minimum Gasteiger partial charge on any atom is -0.337 e. The van der Waals surface area contributed by atoms with E-state index >= 15 is 0 Å². The zero-order chi connectivity index (χ0) is 18.1. The smallest absolute Gasteiger partial charge is 0.274 e. The lowest BCUT2D eigenvalue weighted by molar-refractivity contribution is 0.0704. The highest BCUT2D eigenvalue weighted by Gasteiger charge is 2.28. The van der Waals surface area contributed by atoms with E-state index in [1.165, 1.54) is 0 Å². The van der Waals surface area contributed by atoms with Gasteiger partial charge in [0.25, 0.3) is 5.91 Å². The van der Waals surface area contributed by atoms with Crippen LogP contribution in [0.1, 0.15) is 46.6 Å². The van der Waals surface area contributed by atoms with E-state index in [0.29, 0.717) is 31.2 Å². The van der Waals surface area contributed by atoms with E-state index in [-0.39, 0.29) is 5.91 Å². The van der Waals surface area contributed by atoms with Crippen molar-refractivity contribution in [2.45, 2.75) is 32.2 Å². The Morgan fingerprint density at radius 2 is 2.12 bits per heavy atom. The summed E-state index contributed by atoms with van der Waals surface area (Å²) < 4.78 is 4.04. The number of nitrogens with one attached hydrogen (secondary N) is 1. The summed E-state index contributed by atoms with van der Waals surface area (Å²) in [5, 5.41) is 15.6. The Bertz CT molecular complexity index is 886. The van der Waals surface area contributed by atoms with E-state index in [9.17, 15) is 4.79 Å². The van der Waals surface area contributed by atoms with Crippen molar-refractivity contribution >= 4 is 5.91 Å². The zero-order valence-electron chi connectivity index (χ0n) is 15.0. The van der Waals surface area contributed by atoms with Gasteiger partial charge in [-0.05, 0) is 25.8 Å². The molecule has 3 aromatic heterocycles. The van der Waals surface area contributed by atoms with Crippen molar-refractivity contribution in [3.05, 3.63) is 47.8 Å². The number of carbonyl (C=O) groups excluding carboxylic acids is 1. The van der Waals surface area contributed by atoms with Crippen LogP contribution in [0.5, 0.6) is 0 Å². The van der Waals surface area contributed by atoms with Crippen LogP contribution in [0, 0.1) is 6.92 Å². The standard InChI is InChI=1S/C17H22N8O/c1-12-9-14(20-19-12)17(26)25-6-3-13(4-7-25)16-22-21-15(23(16)2)10-24-8-5-18-11-24/h5,8-9,11,13H,3-4,6-7,10H2,1-2H3,(H,19,20). The quantitative estimate of drug-likeness (QED) is 0.757. The maximum Gasteiger partial charge on any atom is 0.274 e. The molecule has 0 aromatic carbocycles. The van der Waals surface area contributed by atoms with Gasteiger partial charge in [-0.1, -0.05) is 0 Å². The molecule has 26 heavy (non-hydrogen) atoms. The first-order chi connectivity index (χ1) is 12.6. The molecule has 1 saturated heterocycles. The third kappa shape index (κ3) is 3.12. The first-order valence-electron chi connectivity index (χ1n) is 8.77. The molecule has 1 fully saturated rings. The van der Waals surface area contributed by atoms with Gasteiger partial charge < -0.3 is 14.0 Å². The lowest BCUT2D eigenvalue weighted by atomic mass is 9.95. The van der Waals surface area contributed by atoms with Crippen molar-refractivity contribution in [2.75, 3.05) is 13.1 Å². The highest BCUT2D eigenvalue weighted by molar-refractivity contribution is 5.92. The minimum atomic E-state index is -0.00781. The van der Waals surface area contributed by atoms with E-state index in [1.54, 1.807) is 18.6 Å². The molecule has 9 heteroatoms. The number of likely N-dealkylation sites (tertiary alicyclic amines) is 1. The van der Waals surface area contributed by atoms with Crippen LogP contribution in [0.2, 0.25) is 0 Å². The third-order valence-corrected chi connectivity index (χ3v) is 4.95. The zero-order valence-corrected chi connectivity index (χ0v) is 15.0. The number of hydrogen-bond donors (Lipinski definition) is 1. The van der Waals surface area contributed by atoms with E-state index < -0.39 is 0 Å². The maximum absolute atomic E-state index is 12.5. The number of aryl methyl sites for hydroxylation is 1. The summed E-state index contributed by atoms with van der Waals surface area (Å²) in [5.74, 6) is 2.20. The van der Waals surface area contributed by atoms with Crippen molar-refractivity contribution < 1.29 is 4.79 Å². The summed E-state index contributed by atoms with van der Waals surface area (Å²) in [6.07, 6.45) is 7.20. The second-order valence-electron chi connectivity index (χ2n) is 6.77. The molecular formula is C17H22N8O. The molecule has 0 aliphatic carbocycles. The number of nitrogens with zero attached hydrogens (tertiary/aromatic N) is 7. The number of aromatic amines is 1. The summed E-state index contributed by atoms with van der Waals surface area (Å²) in [6, 6.07) is 1.79. The van der Waals surface area contributed by atoms with Gasteiger partial charge in [-0.25, -0.2) is 4.98 Å². The second-order valence-corrected chi connectivity index (χ2v) is 6.77. The normalized spacial score (nSPS) is 15.5. The number of H-pyrrole nitrogens is 1. The van der Waals surface area contributed by atoms with Crippen molar-refractivity contribution in [1.82, 2.24) is 39.4 Å². The number of carbonyl (C=O) groups is 1. The molecule has 0 radical (unpaired) electrons. The van der Waals surface area contributed by atoms with Gasteiger partial charge in [0.1, 0.15) is 11.5 Å². The second kappa shape index (κ2) is 6.74. The van der Waals surface area contributed by atoms with E-state index in [2.05, 4.69) is 29.9 Å². The Morgan fingerprint density at radius 1 is 1.31 bits per heavy atom. The fourth-order valence-corrected chi connectivity index (χ4v) is 3.44. The Balaban J connectivity index is 1.40. The number of amides is 1. The van der Waals surface area contributed by atoms with Crippen LogP contribution in [0.15, 0.2) is 24.8 Å². The molecule has 3 aromatic rings. The Labute approximate surface area is 151 Å². The summed E-state index contributed by atoms with van der Waals surface area (Å²) in [4.78, 5) is 18.4. The fraction of sp³-hybridized carbons (Fsp3) is 0.471. The molecule has 1 amide bonds. The molecule has 0 saturated carbocycles. The van der Waals surface area contributed by atoms with Crippen LogP contribution in [-0.4, -0.2) is 58.4 Å². The van der Waals surface area contributed by atoms with Crippen LogP contribution in [0.25, 0.3) is 0 Å². The summed E-state index contributed by atoms with van der Waals surface area (Å²) in [5.41, 5.74) is 1.38. The number of imidazole rings is 1. The Kier molecular flexibility index (Phi) is 4.27. The van der Waals surface area contributed by atoms with Gasteiger partial charge in [-0.15, -0.1) is 10.2 Å². The fourth-order valence-electron chi connectivity index (χ4n) is 3.44. The topological polar surface area (TPSA) is 97.5 Å². The highest BCUT2D eigenvalue weighted by atomic mass is 16.2. The molecule has 4 heterocycles. The van der Waals surface area contributed by atoms with Crippen LogP contribution < -0.4 is 0 Å². The molecule has 1 aliphatic heterocycles. The maximum atomic E-state index is 12.5. The molecule has 0 unspecified atom stereocenters. The molecular weight excluding hydrogens is 332 g/mol. The van der Waals surface area contributed by atoms with Crippen molar-refractivity contribution in [3.8, 4) is 0 Å². The van der Waals surface area contributed by atoms with Gasteiger partial charge in [-0.3, -0.25) is 9.89 Å². The molecule has 4 rings (SSSR count). The highest BCUT2D eigenvalue weighted by Crippen LogP contribution is 2.27. The first kappa shape index (κ1) is 16.5. The van der Waals surface area contributed by atoms with Crippen molar-refractivity contribution in [1.29, 1.82) is 0 Å². The predicted octanol–water partition coefficient (Wildman–Crippen LogP) is 1.11. The lowest BCUT2D eigenvalue weighted by Gasteiger charge is -2.31. The van der Waals surface area contributed by atoms with Crippen LogP contribution in [-0.2, 0) is 13.6 Å². The molecule has 136 valence electrons. The van der Waals surface area contributed by atoms with Crippen LogP contribution in [0.4, 0.5) is 0 Å². The van der Waals surface area contributed by atoms with Gasteiger partial charge in [0, 0.05) is 44.1 Å². The Hall–Kier alpha value is -2.97. The summed E-state index contributed by atoms with van der Waals surface area (Å²) in [7, 11) is 2.01. The SMILES string of the molecule is Cc1cc(C(=O)N2CCC(c3nnc(Cn4ccnc4)n3C)CC2)n[nH]1. The molecule has 0 atom stereocenters. The van der Waals surface area contributed by atoms with Gasteiger partial charge in [0.05, 0.1) is 12.9 Å². The molecule has 1 N–H and O–H groups in total. The average molecular weight is 354 g/mol. The molecule has 1 aliphatic rings. The summed E-state index contributed by atoms with van der Waals surface area (Å²) in [6.45, 7) is 3.96. The lowest BCUT2D eigenvalue weighted by Crippen LogP contribution is -2.38. The molecule has 0 spiro atoms. The Morgan fingerprint density at radius 3 is 2.77 bits per heavy atom. The predicted molar refractivity (Wildman–Crippen MR) is 93.5 cm³/mol. The number of aromatic nitrogens is 7. The van der Waals surface area contributed by atoms with Crippen molar-refractivity contribution in [3.63, 3.8) is 0 Å². The number of hydrogen-bond acceptors (Lipinski definition) is 5. The molecule has 0 bridgehead atoms. The number of rotatable bonds is 4. The third-order valence-electron chi connectivity index (χ3n) is 4.95. The van der Waals surface area contributed by atoms with Crippen LogP contribution in [0.3, 0.4) is 0 Å². The van der Waals surface area contributed by atoms with Gasteiger partial charge in [0.15, 0.2) is 5.82 Å². The first-order valence-corrected chi connectivity index (χ1v) is 8.77. The van der Waals surface area contributed by atoms with E-state index in [0.717, 1.165) is 30.2 Å². The van der Waals surface area contributed by atoms with Crippen molar-refractivity contribution in [2.24, 2.45) is 7.05 Å². The average Bonchev–Trinajstić information content (AvgIpc) is 3.38. The van der Waals surface area contributed by atoms with Crippen LogP contribution >= 0.6 is 0 Å².